The molecule has 1 saturated heterocycles. The van der Waals surface area contributed by atoms with Crippen molar-refractivity contribution in [2.75, 3.05) is 4.90 Å². The normalized spacial score (nSPS) is 15.4. The van der Waals surface area contributed by atoms with Crippen molar-refractivity contribution in [3.05, 3.63) is 95.6 Å². The number of benzene rings is 3. The van der Waals surface area contributed by atoms with Crippen molar-refractivity contribution in [2.24, 2.45) is 0 Å². The van der Waals surface area contributed by atoms with Crippen LogP contribution in [0.3, 0.4) is 0 Å². The summed E-state index contributed by atoms with van der Waals surface area (Å²) in [4.78, 5) is 29.3. The molecule has 0 bridgehead atoms. The zero-order chi connectivity index (χ0) is 22.7. The molecule has 0 aliphatic carbocycles. The molecule has 1 aliphatic rings. The third-order valence-electron chi connectivity index (χ3n) is 5.09. The molecule has 0 saturated carbocycles. The quantitative estimate of drug-likeness (QED) is 0.299. The van der Waals surface area contributed by atoms with Gasteiger partial charge >= 0.3 is 0 Å². The van der Waals surface area contributed by atoms with Crippen molar-refractivity contribution in [3.63, 3.8) is 0 Å². The average molecular weight is 459 g/mol. The van der Waals surface area contributed by atoms with Crippen LogP contribution in [-0.4, -0.2) is 16.9 Å². The molecule has 0 atom stereocenters. The van der Waals surface area contributed by atoms with Crippen LogP contribution in [0.2, 0.25) is 0 Å². The first-order valence-electron chi connectivity index (χ1n) is 10.3. The van der Waals surface area contributed by atoms with Crippen LogP contribution in [0.15, 0.2) is 94.2 Å². The second-order valence-electron chi connectivity index (χ2n) is 7.69. The Morgan fingerprint density at radius 3 is 2.12 bits per heavy atom. The monoisotopic (exact) mass is 458 g/mol. The molecule has 32 heavy (non-hydrogen) atoms. The third-order valence-corrected chi connectivity index (χ3v) is 6.39. The number of thiocarbonyl (C=S) groups is 1. The van der Waals surface area contributed by atoms with Crippen molar-refractivity contribution < 1.29 is 9.59 Å². The molecule has 0 unspecified atom stereocenters. The summed E-state index contributed by atoms with van der Waals surface area (Å²) in [6, 6.07) is 25.5. The zero-order valence-corrected chi connectivity index (χ0v) is 19.4. The van der Waals surface area contributed by atoms with E-state index in [1.54, 1.807) is 17.8 Å². The van der Waals surface area contributed by atoms with Gasteiger partial charge in [-0.05, 0) is 71.7 Å². The van der Waals surface area contributed by atoms with E-state index in [1.807, 2.05) is 66.7 Å². The highest BCUT2D eigenvalue weighted by atomic mass is 32.2. The van der Waals surface area contributed by atoms with Crippen LogP contribution in [0.25, 0.3) is 6.08 Å². The predicted octanol–water partition coefficient (Wildman–Crippen LogP) is 5.79. The van der Waals surface area contributed by atoms with Crippen molar-refractivity contribution >= 4 is 52.7 Å². The number of nitrogens with one attached hydrogen (secondary N) is 1. The van der Waals surface area contributed by atoms with Gasteiger partial charge < -0.3 is 0 Å². The zero-order valence-electron chi connectivity index (χ0n) is 17.7. The lowest BCUT2D eigenvalue weighted by Gasteiger charge is -2.29. The van der Waals surface area contributed by atoms with Gasteiger partial charge in [0.05, 0.1) is 5.69 Å². The number of carbonyl (C=O) groups excluding carboxylic acids is 2. The van der Waals surface area contributed by atoms with Crippen molar-refractivity contribution in [3.8, 4) is 0 Å². The number of rotatable bonds is 5. The standard InChI is InChI=1S/C26H22N2O2S2/c1-17(2)19-10-12-20(13-11-19)28-25(30)23(24(29)27-26(28)31)16-18-8-14-22(15-9-18)32-21-6-4-3-5-7-21/h3-17H,1-2H3,(H,27,29,31)/b23-16+. The molecule has 4 nitrogen and oxygen atoms in total. The number of amides is 2. The van der Waals surface area contributed by atoms with Crippen LogP contribution in [0.4, 0.5) is 5.69 Å². The summed E-state index contributed by atoms with van der Waals surface area (Å²) in [6.45, 7) is 4.22. The van der Waals surface area contributed by atoms with E-state index in [0.29, 0.717) is 11.6 Å². The molecule has 3 aromatic rings. The van der Waals surface area contributed by atoms with E-state index in [-0.39, 0.29) is 10.7 Å². The van der Waals surface area contributed by atoms with E-state index in [1.165, 1.54) is 4.90 Å². The number of anilines is 1. The van der Waals surface area contributed by atoms with Crippen molar-refractivity contribution in [2.45, 2.75) is 29.6 Å². The van der Waals surface area contributed by atoms with E-state index in [4.69, 9.17) is 12.2 Å². The lowest BCUT2D eigenvalue weighted by Crippen LogP contribution is -2.54. The molecule has 1 aliphatic heterocycles. The Labute approximate surface area is 197 Å². The van der Waals surface area contributed by atoms with Gasteiger partial charge in [-0.3, -0.25) is 19.8 Å². The Balaban J connectivity index is 1.57. The van der Waals surface area contributed by atoms with Crippen LogP contribution in [0.1, 0.15) is 30.9 Å². The Hall–Kier alpha value is -3.22. The van der Waals surface area contributed by atoms with E-state index in [2.05, 4.69) is 31.3 Å². The van der Waals surface area contributed by atoms with Crippen molar-refractivity contribution in [1.29, 1.82) is 0 Å². The molecule has 6 heteroatoms. The Kier molecular flexibility index (Phi) is 6.53. The van der Waals surface area contributed by atoms with E-state index >= 15 is 0 Å². The molecule has 0 spiro atoms. The first-order valence-corrected chi connectivity index (χ1v) is 11.5. The fourth-order valence-corrected chi connectivity index (χ4v) is 4.44. The fraction of sp³-hybridized carbons (Fsp3) is 0.115. The number of carbonyl (C=O) groups is 2. The molecule has 0 radical (unpaired) electrons. The van der Waals surface area contributed by atoms with Gasteiger partial charge in [-0.1, -0.05) is 68.1 Å². The highest BCUT2D eigenvalue weighted by Gasteiger charge is 2.34. The van der Waals surface area contributed by atoms with Crippen LogP contribution >= 0.6 is 24.0 Å². The molecule has 1 N–H and O–H groups in total. The maximum Gasteiger partial charge on any atom is 0.270 e. The van der Waals surface area contributed by atoms with Gasteiger partial charge in [0.1, 0.15) is 5.57 Å². The summed E-state index contributed by atoms with van der Waals surface area (Å²) < 4.78 is 0. The van der Waals surface area contributed by atoms with Crippen LogP contribution in [0, 0.1) is 0 Å². The van der Waals surface area contributed by atoms with E-state index in [9.17, 15) is 9.59 Å². The van der Waals surface area contributed by atoms with Gasteiger partial charge in [-0.2, -0.15) is 0 Å². The molecule has 1 fully saturated rings. The third kappa shape index (κ3) is 4.82. The van der Waals surface area contributed by atoms with Gasteiger partial charge in [0, 0.05) is 9.79 Å². The van der Waals surface area contributed by atoms with Crippen LogP contribution in [-0.2, 0) is 9.59 Å². The van der Waals surface area contributed by atoms with Crippen LogP contribution in [0.5, 0.6) is 0 Å². The molecule has 2 amide bonds. The number of hydrogen-bond donors (Lipinski definition) is 1. The molecule has 160 valence electrons. The van der Waals surface area contributed by atoms with E-state index < -0.39 is 11.8 Å². The first kappa shape index (κ1) is 22.0. The minimum absolute atomic E-state index is 0.0509. The lowest BCUT2D eigenvalue weighted by atomic mass is 10.0. The number of nitrogens with zero attached hydrogens (tertiary/aromatic N) is 1. The van der Waals surface area contributed by atoms with Gasteiger partial charge in [0.2, 0.25) is 0 Å². The highest BCUT2D eigenvalue weighted by molar-refractivity contribution is 7.99. The van der Waals surface area contributed by atoms with Crippen LogP contribution < -0.4 is 10.2 Å². The van der Waals surface area contributed by atoms with Crippen molar-refractivity contribution in [1.82, 2.24) is 5.32 Å². The average Bonchev–Trinajstić information content (AvgIpc) is 2.79. The highest BCUT2D eigenvalue weighted by Crippen LogP contribution is 2.28. The molecule has 4 rings (SSSR count). The molecular weight excluding hydrogens is 436 g/mol. The molecular formula is C26H22N2O2S2. The van der Waals surface area contributed by atoms with Gasteiger partial charge in [-0.25, -0.2) is 0 Å². The lowest BCUT2D eigenvalue weighted by molar-refractivity contribution is -0.122. The predicted molar refractivity (Wildman–Crippen MR) is 134 cm³/mol. The number of hydrogen-bond acceptors (Lipinski definition) is 4. The summed E-state index contributed by atoms with van der Waals surface area (Å²) in [6.07, 6.45) is 1.60. The minimum atomic E-state index is -0.488. The Bertz CT molecular complexity index is 1180. The first-order chi connectivity index (χ1) is 15.4. The van der Waals surface area contributed by atoms with E-state index in [0.717, 1.165) is 20.9 Å². The Morgan fingerprint density at radius 2 is 1.50 bits per heavy atom. The summed E-state index contributed by atoms with van der Waals surface area (Å²) in [5, 5.41) is 2.72. The maximum absolute atomic E-state index is 13.2. The van der Waals surface area contributed by atoms with Gasteiger partial charge in [0.25, 0.3) is 11.8 Å². The maximum atomic E-state index is 13.2. The summed E-state index contributed by atoms with van der Waals surface area (Å²) in [5.74, 6) is -0.539. The van der Waals surface area contributed by atoms with Gasteiger partial charge in [-0.15, -0.1) is 0 Å². The second kappa shape index (κ2) is 9.51. The minimum Gasteiger partial charge on any atom is -0.298 e. The van der Waals surface area contributed by atoms with Gasteiger partial charge in [0.15, 0.2) is 5.11 Å². The largest absolute Gasteiger partial charge is 0.298 e. The second-order valence-corrected chi connectivity index (χ2v) is 9.22. The summed E-state index contributed by atoms with van der Waals surface area (Å²) in [5.41, 5.74) is 2.61. The summed E-state index contributed by atoms with van der Waals surface area (Å²) in [7, 11) is 0. The SMILES string of the molecule is CC(C)c1ccc(N2C(=O)/C(=C/c3ccc(Sc4ccccc4)cc3)C(=O)NC2=S)cc1. The molecule has 1 heterocycles. The smallest absolute Gasteiger partial charge is 0.270 e. The topological polar surface area (TPSA) is 49.4 Å². The molecule has 0 aromatic heterocycles. The fourth-order valence-electron chi connectivity index (χ4n) is 3.32. The molecule has 3 aromatic carbocycles. The Morgan fingerprint density at radius 1 is 0.875 bits per heavy atom. The summed E-state index contributed by atoms with van der Waals surface area (Å²) >= 11 is 6.94.